The fourth-order valence-corrected chi connectivity index (χ4v) is 2.93. The van der Waals surface area contributed by atoms with E-state index in [0.29, 0.717) is 26.1 Å². The number of hydrogen-bond acceptors (Lipinski definition) is 3. The largest absolute Gasteiger partial charge is 0.457 e. The standard InChI is InChI=1S/C13H8BrCl2N3O/c14-12-8(3-4-20-12)11-10(13(17)19-18-11)7-2-1-6(15)5-9(7)16/h1-5H,(H3,17,18,19). The third kappa shape index (κ3) is 2.22. The smallest absolute Gasteiger partial charge is 0.178 e. The van der Waals surface area contributed by atoms with Crippen molar-refractivity contribution in [2.75, 3.05) is 5.73 Å². The number of hydrogen-bond donors (Lipinski definition) is 2. The molecule has 102 valence electrons. The van der Waals surface area contributed by atoms with Crippen molar-refractivity contribution in [1.29, 1.82) is 0 Å². The van der Waals surface area contributed by atoms with Crippen molar-refractivity contribution in [2.24, 2.45) is 0 Å². The number of furan rings is 1. The molecule has 20 heavy (non-hydrogen) atoms. The predicted molar refractivity (Wildman–Crippen MR) is 83.9 cm³/mol. The van der Waals surface area contributed by atoms with Crippen molar-refractivity contribution in [1.82, 2.24) is 10.2 Å². The molecule has 0 spiro atoms. The lowest BCUT2D eigenvalue weighted by Gasteiger charge is -2.06. The number of aromatic nitrogens is 2. The van der Waals surface area contributed by atoms with E-state index in [1.54, 1.807) is 18.4 Å². The molecule has 7 heteroatoms. The lowest BCUT2D eigenvalue weighted by Crippen LogP contribution is -1.89. The number of halogens is 3. The summed E-state index contributed by atoms with van der Waals surface area (Å²) in [5.41, 5.74) is 8.97. The number of nitrogens with two attached hydrogens (primary N) is 1. The van der Waals surface area contributed by atoms with E-state index >= 15 is 0 Å². The Bertz CT molecular complexity index is 782. The number of anilines is 1. The molecule has 0 amide bonds. The maximum absolute atomic E-state index is 6.25. The first kappa shape index (κ1) is 13.5. The molecule has 0 fully saturated rings. The van der Waals surface area contributed by atoms with E-state index in [1.165, 1.54) is 0 Å². The average molecular weight is 373 g/mol. The highest BCUT2D eigenvalue weighted by Crippen LogP contribution is 2.41. The molecule has 3 aromatic rings. The summed E-state index contributed by atoms with van der Waals surface area (Å²) in [6.07, 6.45) is 1.57. The summed E-state index contributed by atoms with van der Waals surface area (Å²) < 4.78 is 5.83. The molecule has 2 heterocycles. The minimum absolute atomic E-state index is 0.359. The van der Waals surface area contributed by atoms with E-state index in [4.69, 9.17) is 33.4 Å². The molecule has 0 saturated heterocycles. The first-order valence-electron chi connectivity index (χ1n) is 5.60. The second-order valence-electron chi connectivity index (χ2n) is 4.09. The molecule has 0 saturated carbocycles. The zero-order valence-corrected chi connectivity index (χ0v) is 13.1. The number of nitrogens with zero attached hydrogens (tertiary/aromatic N) is 1. The third-order valence-corrected chi connectivity index (χ3v) is 4.04. The van der Waals surface area contributed by atoms with Crippen molar-refractivity contribution in [2.45, 2.75) is 0 Å². The van der Waals surface area contributed by atoms with E-state index in [1.807, 2.05) is 12.1 Å². The van der Waals surface area contributed by atoms with E-state index in [2.05, 4.69) is 26.1 Å². The molecule has 3 N–H and O–H groups in total. The van der Waals surface area contributed by atoms with Gasteiger partial charge >= 0.3 is 0 Å². The summed E-state index contributed by atoms with van der Waals surface area (Å²) in [4.78, 5) is 0. The second kappa shape index (κ2) is 5.16. The van der Waals surface area contributed by atoms with Gasteiger partial charge < -0.3 is 10.2 Å². The van der Waals surface area contributed by atoms with E-state index in [-0.39, 0.29) is 0 Å². The fourth-order valence-electron chi connectivity index (χ4n) is 1.99. The number of nitrogens with one attached hydrogen (secondary N) is 1. The van der Waals surface area contributed by atoms with Crippen LogP contribution in [0.5, 0.6) is 0 Å². The van der Waals surface area contributed by atoms with Crippen LogP contribution in [-0.4, -0.2) is 10.2 Å². The molecule has 0 atom stereocenters. The summed E-state index contributed by atoms with van der Waals surface area (Å²) in [6.45, 7) is 0. The van der Waals surface area contributed by atoms with Crippen LogP contribution in [0.3, 0.4) is 0 Å². The molecule has 0 aliphatic rings. The van der Waals surface area contributed by atoms with Crippen LogP contribution in [-0.2, 0) is 0 Å². The molecule has 2 aromatic heterocycles. The van der Waals surface area contributed by atoms with Crippen LogP contribution in [0.15, 0.2) is 39.6 Å². The van der Waals surface area contributed by atoms with Crippen LogP contribution >= 0.6 is 39.1 Å². The van der Waals surface area contributed by atoms with Gasteiger partial charge in [-0.05, 0) is 34.1 Å². The SMILES string of the molecule is Nc1n[nH]c(-c2ccoc2Br)c1-c1ccc(Cl)cc1Cl. The van der Waals surface area contributed by atoms with Crippen LogP contribution in [0.1, 0.15) is 0 Å². The number of rotatable bonds is 2. The summed E-state index contributed by atoms with van der Waals surface area (Å²) in [7, 11) is 0. The average Bonchev–Trinajstić information content (AvgIpc) is 2.96. The van der Waals surface area contributed by atoms with Gasteiger partial charge in [0.2, 0.25) is 0 Å². The van der Waals surface area contributed by atoms with E-state index in [9.17, 15) is 0 Å². The van der Waals surface area contributed by atoms with E-state index in [0.717, 1.165) is 16.8 Å². The molecular formula is C13H8BrCl2N3O. The van der Waals surface area contributed by atoms with Crippen LogP contribution in [0.4, 0.5) is 5.82 Å². The Labute approximate surface area is 133 Å². The lowest BCUT2D eigenvalue weighted by atomic mass is 10.0. The summed E-state index contributed by atoms with van der Waals surface area (Å²) in [5, 5.41) is 8.02. The highest BCUT2D eigenvalue weighted by Gasteiger charge is 2.20. The van der Waals surface area contributed by atoms with Gasteiger partial charge in [-0.25, -0.2) is 0 Å². The van der Waals surface area contributed by atoms with Crippen molar-refractivity contribution in [3.63, 3.8) is 0 Å². The highest BCUT2D eigenvalue weighted by molar-refractivity contribution is 9.10. The molecule has 0 aliphatic carbocycles. The molecule has 1 aromatic carbocycles. The molecule has 0 bridgehead atoms. The minimum Gasteiger partial charge on any atom is -0.457 e. The van der Waals surface area contributed by atoms with Crippen LogP contribution in [0, 0.1) is 0 Å². The van der Waals surface area contributed by atoms with Crippen LogP contribution in [0.2, 0.25) is 10.0 Å². The van der Waals surface area contributed by atoms with Gasteiger partial charge in [0.25, 0.3) is 0 Å². The minimum atomic E-state index is 0.359. The first-order valence-corrected chi connectivity index (χ1v) is 7.15. The number of aromatic amines is 1. The second-order valence-corrected chi connectivity index (χ2v) is 5.65. The Morgan fingerprint density at radius 3 is 2.65 bits per heavy atom. The predicted octanol–water partition coefficient (Wildman–Crippen LogP) is 4.99. The van der Waals surface area contributed by atoms with Crippen LogP contribution < -0.4 is 5.73 Å². The Morgan fingerprint density at radius 1 is 1.20 bits per heavy atom. The maximum Gasteiger partial charge on any atom is 0.178 e. The molecule has 0 unspecified atom stereocenters. The monoisotopic (exact) mass is 371 g/mol. The van der Waals surface area contributed by atoms with Crippen molar-refractivity contribution in [3.8, 4) is 22.4 Å². The Kier molecular flexibility index (Phi) is 3.50. The molecule has 0 radical (unpaired) electrons. The molecule has 3 rings (SSSR count). The van der Waals surface area contributed by atoms with Gasteiger partial charge in [-0.15, -0.1) is 0 Å². The highest BCUT2D eigenvalue weighted by atomic mass is 79.9. The Hall–Kier alpha value is -1.43. The normalized spacial score (nSPS) is 10.9. The van der Waals surface area contributed by atoms with Gasteiger partial charge in [0.05, 0.1) is 28.1 Å². The number of nitrogen functional groups attached to an aromatic ring is 1. The fraction of sp³-hybridized carbons (Fsp3) is 0. The van der Waals surface area contributed by atoms with Gasteiger partial charge in [-0.3, -0.25) is 5.10 Å². The Balaban J connectivity index is 2.24. The van der Waals surface area contributed by atoms with Crippen LogP contribution in [0.25, 0.3) is 22.4 Å². The van der Waals surface area contributed by atoms with Crippen molar-refractivity contribution < 1.29 is 4.42 Å². The first-order chi connectivity index (χ1) is 9.58. The topological polar surface area (TPSA) is 67.8 Å². The summed E-state index contributed by atoms with van der Waals surface area (Å²) in [6, 6.07) is 7.04. The van der Waals surface area contributed by atoms with Gasteiger partial charge in [0.1, 0.15) is 0 Å². The quantitative estimate of drug-likeness (QED) is 0.665. The molecule has 0 aliphatic heterocycles. The lowest BCUT2D eigenvalue weighted by molar-refractivity contribution is 0.542. The zero-order chi connectivity index (χ0) is 14.3. The summed E-state index contributed by atoms with van der Waals surface area (Å²) in [5.74, 6) is 0.359. The van der Waals surface area contributed by atoms with Crippen molar-refractivity contribution in [3.05, 3.63) is 45.2 Å². The maximum atomic E-state index is 6.25. The van der Waals surface area contributed by atoms with Gasteiger partial charge in [0, 0.05) is 10.6 Å². The van der Waals surface area contributed by atoms with Gasteiger partial charge in [-0.2, -0.15) is 5.10 Å². The molecule has 4 nitrogen and oxygen atoms in total. The van der Waals surface area contributed by atoms with E-state index < -0.39 is 0 Å². The number of benzene rings is 1. The van der Waals surface area contributed by atoms with Gasteiger partial charge in [-0.1, -0.05) is 29.3 Å². The molecular weight excluding hydrogens is 365 g/mol. The summed E-state index contributed by atoms with van der Waals surface area (Å²) >= 11 is 15.5. The zero-order valence-electron chi connectivity index (χ0n) is 9.95. The number of H-pyrrole nitrogens is 1. The van der Waals surface area contributed by atoms with Gasteiger partial charge in [0.15, 0.2) is 10.5 Å². The van der Waals surface area contributed by atoms with Crippen molar-refractivity contribution >= 4 is 44.9 Å². The third-order valence-electron chi connectivity index (χ3n) is 2.88. The Morgan fingerprint density at radius 2 is 2.00 bits per heavy atom.